The van der Waals surface area contributed by atoms with Crippen molar-refractivity contribution in [1.29, 1.82) is 0 Å². The lowest BCUT2D eigenvalue weighted by molar-refractivity contribution is -0.125. The lowest BCUT2D eigenvalue weighted by Crippen LogP contribution is -2.43. The Balaban J connectivity index is 2.46. The van der Waals surface area contributed by atoms with Crippen molar-refractivity contribution < 1.29 is 14.0 Å². The maximum absolute atomic E-state index is 13.5. The van der Waals surface area contributed by atoms with Crippen molar-refractivity contribution in [2.75, 3.05) is 26.2 Å². The zero-order valence-electron chi connectivity index (χ0n) is 14.8. The summed E-state index contributed by atoms with van der Waals surface area (Å²) in [7, 11) is 0. The van der Waals surface area contributed by atoms with Crippen molar-refractivity contribution in [1.82, 2.24) is 15.5 Å². The molecule has 2 amide bonds. The number of hydrogen-bond donors (Lipinski definition) is 2. The largest absolute Gasteiger partial charge is 0.355 e. The summed E-state index contributed by atoms with van der Waals surface area (Å²) >= 11 is 0. The van der Waals surface area contributed by atoms with E-state index in [2.05, 4.69) is 10.6 Å². The highest BCUT2D eigenvalue weighted by molar-refractivity contribution is 5.81. The second-order valence-electron chi connectivity index (χ2n) is 5.92. The van der Waals surface area contributed by atoms with Crippen molar-refractivity contribution in [2.45, 2.75) is 40.2 Å². The number of halogens is 1. The molecule has 0 heterocycles. The molecular weight excluding hydrogens is 309 g/mol. The predicted molar refractivity (Wildman–Crippen MR) is 93.0 cm³/mol. The Labute approximate surface area is 143 Å². The summed E-state index contributed by atoms with van der Waals surface area (Å²) in [5.74, 6) is -0.520. The average molecular weight is 337 g/mol. The molecule has 1 aromatic carbocycles. The summed E-state index contributed by atoms with van der Waals surface area (Å²) in [5, 5.41) is 5.58. The Hall–Kier alpha value is -1.95. The van der Waals surface area contributed by atoms with Gasteiger partial charge in [0.15, 0.2) is 0 Å². The van der Waals surface area contributed by atoms with E-state index < -0.39 is 0 Å². The molecule has 0 bridgehead atoms. The van der Waals surface area contributed by atoms with Crippen LogP contribution in [0.15, 0.2) is 18.2 Å². The maximum atomic E-state index is 13.5. The molecule has 0 aromatic heterocycles. The molecule has 0 radical (unpaired) electrons. The lowest BCUT2D eigenvalue weighted by atomic mass is 10.1. The Morgan fingerprint density at radius 3 is 2.33 bits per heavy atom. The van der Waals surface area contributed by atoms with E-state index in [1.165, 1.54) is 6.07 Å². The summed E-state index contributed by atoms with van der Waals surface area (Å²) in [6.45, 7) is 7.65. The van der Waals surface area contributed by atoms with Crippen molar-refractivity contribution >= 4 is 11.8 Å². The van der Waals surface area contributed by atoms with Gasteiger partial charge in [0.25, 0.3) is 0 Å². The van der Waals surface area contributed by atoms with Gasteiger partial charge in [-0.25, -0.2) is 4.39 Å². The normalized spacial score (nSPS) is 10.7. The smallest absolute Gasteiger partial charge is 0.234 e. The van der Waals surface area contributed by atoms with Crippen LogP contribution in [0.3, 0.4) is 0 Å². The maximum Gasteiger partial charge on any atom is 0.234 e. The van der Waals surface area contributed by atoms with E-state index in [9.17, 15) is 14.0 Å². The van der Waals surface area contributed by atoms with E-state index >= 15 is 0 Å². The van der Waals surface area contributed by atoms with Crippen LogP contribution in [0.5, 0.6) is 0 Å². The Bertz CT molecular complexity index is 549. The minimum atomic E-state index is -0.276. The van der Waals surface area contributed by atoms with E-state index in [1.807, 2.05) is 18.7 Å². The lowest BCUT2D eigenvalue weighted by Gasteiger charge is -2.20. The molecule has 6 heteroatoms. The number of benzene rings is 1. The van der Waals surface area contributed by atoms with Crippen LogP contribution < -0.4 is 10.6 Å². The number of aryl methyl sites for hydroxylation is 1. The second kappa shape index (κ2) is 10.8. The van der Waals surface area contributed by atoms with Crippen molar-refractivity contribution in [2.24, 2.45) is 0 Å². The molecule has 1 aromatic rings. The molecule has 1 rings (SSSR count). The highest BCUT2D eigenvalue weighted by Gasteiger charge is 2.13. The quantitative estimate of drug-likeness (QED) is 0.686. The van der Waals surface area contributed by atoms with Crippen molar-refractivity contribution in [3.05, 3.63) is 35.1 Å². The number of rotatable bonds is 10. The minimum absolute atomic E-state index is 0.0706. The number of carbonyl (C=O) groups is 2. The van der Waals surface area contributed by atoms with Gasteiger partial charge < -0.3 is 10.6 Å². The topological polar surface area (TPSA) is 61.4 Å². The standard InChI is InChI=1S/C18H28FN3O2/c1-4-8-20-17(23)12-22(9-5-2)13-18(24)21-11-15-7-6-14(3)16(19)10-15/h6-7,10H,4-5,8-9,11-13H2,1-3H3,(H,20,23)(H,21,24). The first kappa shape index (κ1) is 20.1. The van der Waals surface area contributed by atoms with Crippen LogP contribution in [0, 0.1) is 12.7 Å². The third-order valence-electron chi connectivity index (χ3n) is 3.57. The SMILES string of the molecule is CCCNC(=O)CN(CCC)CC(=O)NCc1ccc(C)c(F)c1. The van der Waals surface area contributed by atoms with Gasteiger partial charge in [0.05, 0.1) is 13.1 Å². The molecule has 0 unspecified atom stereocenters. The van der Waals surface area contributed by atoms with Crippen LogP contribution in [-0.4, -0.2) is 42.9 Å². The monoisotopic (exact) mass is 337 g/mol. The number of nitrogens with zero attached hydrogens (tertiary/aromatic N) is 1. The molecular formula is C18H28FN3O2. The van der Waals surface area contributed by atoms with E-state index in [0.717, 1.165) is 12.8 Å². The third kappa shape index (κ3) is 7.55. The van der Waals surface area contributed by atoms with E-state index in [0.29, 0.717) is 24.2 Å². The second-order valence-corrected chi connectivity index (χ2v) is 5.92. The fourth-order valence-corrected chi connectivity index (χ4v) is 2.26. The molecule has 0 aliphatic rings. The number of carbonyl (C=O) groups excluding carboxylic acids is 2. The van der Waals surface area contributed by atoms with Gasteiger partial charge in [-0.3, -0.25) is 14.5 Å². The molecule has 0 aliphatic heterocycles. The van der Waals surface area contributed by atoms with Crippen LogP contribution in [-0.2, 0) is 16.1 Å². The van der Waals surface area contributed by atoms with Gasteiger partial charge in [-0.15, -0.1) is 0 Å². The van der Waals surface area contributed by atoms with Crippen LogP contribution in [0.4, 0.5) is 4.39 Å². The number of nitrogens with one attached hydrogen (secondary N) is 2. The first-order valence-corrected chi connectivity index (χ1v) is 8.47. The number of hydrogen-bond acceptors (Lipinski definition) is 3. The van der Waals surface area contributed by atoms with E-state index in [-0.39, 0.29) is 37.3 Å². The zero-order valence-corrected chi connectivity index (χ0v) is 14.8. The molecule has 0 fully saturated rings. The Morgan fingerprint density at radius 2 is 1.75 bits per heavy atom. The first-order valence-electron chi connectivity index (χ1n) is 8.47. The van der Waals surface area contributed by atoms with Gasteiger partial charge in [-0.2, -0.15) is 0 Å². The molecule has 0 saturated carbocycles. The molecule has 24 heavy (non-hydrogen) atoms. The molecule has 0 atom stereocenters. The van der Waals surface area contributed by atoms with E-state index in [4.69, 9.17) is 0 Å². The molecule has 0 saturated heterocycles. The Kier molecular flexibility index (Phi) is 9.01. The fraction of sp³-hybridized carbons (Fsp3) is 0.556. The molecule has 134 valence electrons. The summed E-state index contributed by atoms with van der Waals surface area (Å²) in [6.07, 6.45) is 1.74. The zero-order chi connectivity index (χ0) is 17.9. The first-order chi connectivity index (χ1) is 11.5. The van der Waals surface area contributed by atoms with Gasteiger partial charge in [-0.1, -0.05) is 26.0 Å². The highest BCUT2D eigenvalue weighted by atomic mass is 19.1. The predicted octanol–water partition coefficient (Wildman–Crippen LogP) is 1.99. The molecule has 0 spiro atoms. The summed E-state index contributed by atoms with van der Waals surface area (Å²) < 4.78 is 13.5. The van der Waals surface area contributed by atoms with E-state index in [1.54, 1.807) is 19.1 Å². The van der Waals surface area contributed by atoms with Crippen LogP contribution in [0.2, 0.25) is 0 Å². The summed E-state index contributed by atoms with van der Waals surface area (Å²) in [6, 6.07) is 4.91. The fourth-order valence-electron chi connectivity index (χ4n) is 2.26. The van der Waals surface area contributed by atoms with Crippen molar-refractivity contribution in [3.8, 4) is 0 Å². The van der Waals surface area contributed by atoms with Crippen molar-refractivity contribution in [3.63, 3.8) is 0 Å². The summed E-state index contributed by atoms with van der Waals surface area (Å²) in [5.41, 5.74) is 1.30. The number of amides is 2. The van der Waals surface area contributed by atoms with Gasteiger partial charge in [-0.05, 0) is 43.5 Å². The summed E-state index contributed by atoms with van der Waals surface area (Å²) in [4.78, 5) is 25.7. The van der Waals surface area contributed by atoms with Gasteiger partial charge in [0.1, 0.15) is 5.82 Å². The molecule has 2 N–H and O–H groups in total. The Morgan fingerprint density at radius 1 is 1.08 bits per heavy atom. The molecule has 0 aliphatic carbocycles. The highest BCUT2D eigenvalue weighted by Crippen LogP contribution is 2.08. The van der Waals surface area contributed by atoms with Crippen LogP contribution >= 0.6 is 0 Å². The third-order valence-corrected chi connectivity index (χ3v) is 3.57. The van der Waals surface area contributed by atoms with Gasteiger partial charge >= 0.3 is 0 Å². The van der Waals surface area contributed by atoms with Gasteiger partial charge in [0, 0.05) is 13.1 Å². The average Bonchev–Trinajstić information content (AvgIpc) is 2.54. The van der Waals surface area contributed by atoms with Crippen LogP contribution in [0.25, 0.3) is 0 Å². The van der Waals surface area contributed by atoms with Crippen LogP contribution in [0.1, 0.15) is 37.8 Å². The molecule has 5 nitrogen and oxygen atoms in total. The minimum Gasteiger partial charge on any atom is -0.355 e. The van der Waals surface area contributed by atoms with Gasteiger partial charge in [0.2, 0.25) is 11.8 Å².